The van der Waals surface area contributed by atoms with E-state index in [-0.39, 0.29) is 11.4 Å². The Morgan fingerprint density at radius 2 is 1.58 bits per heavy atom. The van der Waals surface area contributed by atoms with Crippen LogP contribution in [0.5, 0.6) is 11.5 Å². The highest BCUT2D eigenvalue weighted by Gasteiger charge is 2.16. The first kappa shape index (κ1) is 25.1. The molecule has 2 aromatic heterocycles. The number of ether oxygens (including phenoxy) is 2. The van der Waals surface area contributed by atoms with E-state index in [1.165, 1.54) is 12.1 Å². The molecule has 0 atom stereocenters. The smallest absolute Gasteiger partial charge is 0.252 e. The van der Waals surface area contributed by atoms with Crippen molar-refractivity contribution in [1.82, 2.24) is 30.1 Å². The molecule has 0 fully saturated rings. The van der Waals surface area contributed by atoms with Crippen LogP contribution in [-0.4, -0.2) is 44.3 Å². The fourth-order valence-corrected chi connectivity index (χ4v) is 4.29. The van der Waals surface area contributed by atoms with Crippen LogP contribution in [0.3, 0.4) is 0 Å². The van der Waals surface area contributed by atoms with Gasteiger partial charge in [-0.1, -0.05) is 24.3 Å². The Bertz CT molecular complexity index is 1580. The number of hydrogen-bond acceptors (Lipinski definition) is 7. The molecular weight excluding hydrogens is 487 g/mol. The van der Waals surface area contributed by atoms with Crippen LogP contribution in [0.4, 0.5) is 4.39 Å². The molecule has 0 saturated heterocycles. The Morgan fingerprint density at radius 3 is 2.32 bits per heavy atom. The van der Waals surface area contributed by atoms with Crippen molar-refractivity contribution >= 4 is 10.9 Å². The van der Waals surface area contributed by atoms with Crippen LogP contribution < -0.4 is 15.0 Å². The predicted molar refractivity (Wildman–Crippen MR) is 140 cm³/mol. The first-order valence-electron chi connectivity index (χ1n) is 12.1. The van der Waals surface area contributed by atoms with Crippen molar-refractivity contribution in [1.29, 1.82) is 0 Å². The highest BCUT2D eigenvalue weighted by Crippen LogP contribution is 2.20. The number of benzene rings is 3. The summed E-state index contributed by atoms with van der Waals surface area (Å²) in [6.07, 6.45) is 0. The van der Waals surface area contributed by atoms with Gasteiger partial charge in [-0.2, -0.15) is 0 Å². The molecule has 5 aromatic rings. The number of tetrazole rings is 1. The van der Waals surface area contributed by atoms with Crippen molar-refractivity contribution in [2.24, 2.45) is 0 Å². The van der Waals surface area contributed by atoms with E-state index >= 15 is 0 Å². The summed E-state index contributed by atoms with van der Waals surface area (Å²) in [5.41, 5.74) is 3.08. The van der Waals surface area contributed by atoms with E-state index in [0.29, 0.717) is 48.8 Å². The third-order valence-corrected chi connectivity index (χ3v) is 6.31. The molecule has 0 aliphatic carbocycles. The van der Waals surface area contributed by atoms with Crippen LogP contribution in [0.25, 0.3) is 10.9 Å². The molecule has 0 amide bonds. The van der Waals surface area contributed by atoms with Crippen LogP contribution in [0, 0.1) is 5.82 Å². The molecule has 0 unspecified atom stereocenters. The molecule has 9 nitrogen and oxygen atoms in total. The molecule has 0 saturated carbocycles. The summed E-state index contributed by atoms with van der Waals surface area (Å²) in [6, 6.07) is 21.5. The van der Waals surface area contributed by atoms with Gasteiger partial charge in [-0.05, 0) is 69.4 Å². The van der Waals surface area contributed by atoms with Gasteiger partial charge in [0.25, 0.3) is 5.56 Å². The number of methoxy groups -OCH3 is 2. The standard InChI is InChI=1S/C28H27FN6O3/c1-37-24-10-5-19(6-11-24)15-34(17-22-13-21-7-12-25(38-2)14-26(21)30-28(22)36)18-27-31-32-33-35(27)16-20-3-8-23(29)9-4-20/h3-14H,15-18H2,1-2H3,(H,30,36). The van der Waals surface area contributed by atoms with Crippen LogP contribution in [0.2, 0.25) is 0 Å². The van der Waals surface area contributed by atoms with Gasteiger partial charge in [-0.15, -0.1) is 5.10 Å². The van der Waals surface area contributed by atoms with Crippen molar-refractivity contribution in [3.05, 3.63) is 111 Å². The highest BCUT2D eigenvalue weighted by molar-refractivity contribution is 5.80. The molecule has 1 N–H and O–H groups in total. The SMILES string of the molecule is COc1ccc(CN(Cc2cc3ccc(OC)cc3[nH]c2=O)Cc2nnnn2Cc2ccc(F)cc2)cc1. The maximum atomic E-state index is 13.4. The van der Waals surface area contributed by atoms with Crippen LogP contribution in [-0.2, 0) is 26.2 Å². The summed E-state index contributed by atoms with van der Waals surface area (Å²) in [7, 11) is 3.22. The number of rotatable bonds is 10. The van der Waals surface area contributed by atoms with Gasteiger partial charge in [-0.25, -0.2) is 9.07 Å². The van der Waals surface area contributed by atoms with E-state index in [2.05, 4.69) is 25.4 Å². The number of halogens is 1. The molecule has 0 spiro atoms. The quantitative estimate of drug-likeness (QED) is 0.302. The van der Waals surface area contributed by atoms with Crippen LogP contribution in [0.15, 0.2) is 77.6 Å². The molecular formula is C28H27FN6O3. The zero-order chi connectivity index (χ0) is 26.5. The lowest BCUT2D eigenvalue weighted by molar-refractivity contribution is 0.236. The van der Waals surface area contributed by atoms with Gasteiger partial charge >= 0.3 is 0 Å². The summed E-state index contributed by atoms with van der Waals surface area (Å²) in [5.74, 6) is 1.78. The molecule has 38 heavy (non-hydrogen) atoms. The minimum Gasteiger partial charge on any atom is -0.497 e. The number of fused-ring (bicyclic) bond motifs is 1. The fourth-order valence-electron chi connectivity index (χ4n) is 4.29. The summed E-state index contributed by atoms with van der Waals surface area (Å²) in [5, 5.41) is 13.2. The van der Waals surface area contributed by atoms with Crippen LogP contribution >= 0.6 is 0 Å². The zero-order valence-electron chi connectivity index (χ0n) is 21.1. The van der Waals surface area contributed by atoms with Gasteiger partial charge < -0.3 is 14.5 Å². The topological polar surface area (TPSA) is 98.2 Å². The van der Waals surface area contributed by atoms with Crippen LogP contribution in [0.1, 0.15) is 22.5 Å². The number of pyridine rings is 1. The van der Waals surface area contributed by atoms with Crippen molar-refractivity contribution in [2.75, 3.05) is 14.2 Å². The van der Waals surface area contributed by atoms with Crippen molar-refractivity contribution in [3.8, 4) is 11.5 Å². The van der Waals surface area contributed by atoms with Gasteiger partial charge in [-0.3, -0.25) is 9.69 Å². The Kier molecular flexibility index (Phi) is 7.41. The maximum Gasteiger partial charge on any atom is 0.252 e. The lowest BCUT2D eigenvalue weighted by atomic mass is 10.1. The summed E-state index contributed by atoms with van der Waals surface area (Å²) in [6.45, 7) is 1.71. The van der Waals surface area contributed by atoms with E-state index < -0.39 is 0 Å². The molecule has 0 radical (unpaired) electrons. The second-order valence-corrected chi connectivity index (χ2v) is 8.95. The minimum absolute atomic E-state index is 0.170. The highest BCUT2D eigenvalue weighted by atomic mass is 19.1. The van der Waals surface area contributed by atoms with Crippen molar-refractivity contribution in [2.45, 2.75) is 26.2 Å². The second-order valence-electron chi connectivity index (χ2n) is 8.95. The third-order valence-electron chi connectivity index (χ3n) is 6.31. The van der Waals surface area contributed by atoms with Gasteiger partial charge in [0.15, 0.2) is 5.82 Å². The second kappa shape index (κ2) is 11.2. The molecule has 10 heteroatoms. The van der Waals surface area contributed by atoms with E-state index in [9.17, 15) is 9.18 Å². The molecule has 194 valence electrons. The van der Waals surface area contributed by atoms with Gasteiger partial charge in [0.1, 0.15) is 17.3 Å². The average Bonchev–Trinajstić information content (AvgIpc) is 3.36. The van der Waals surface area contributed by atoms with Gasteiger partial charge in [0.05, 0.1) is 32.8 Å². The number of aromatic nitrogens is 5. The molecule has 5 rings (SSSR count). The Balaban J connectivity index is 1.43. The van der Waals surface area contributed by atoms with E-state index in [1.807, 2.05) is 42.5 Å². The number of aromatic amines is 1. The van der Waals surface area contributed by atoms with Gasteiger partial charge in [0, 0.05) is 24.7 Å². The van der Waals surface area contributed by atoms with E-state index in [4.69, 9.17) is 9.47 Å². The first-order chi connectivity index (χ1) is 18.5. The molecule has 0 aliphatic heterocycles. The Morgan fingerprint density at radius 1 is 0.868 bits per heavy atom. The molecule has 2 heterocycles. The number of H-pyrrole nitrogens is 1. The maximum absolute atomic E-state index is 13.4. The number of nitrogens with zero attached hydrogens (tertiary/aromatic N) is 5. The molecule has 0 bridgehead atoms. The summed E-state index contributed by atoms with van der Waals surface area (Å²) < 4.78 is 25.6. The Hall–Kier alpha value is -4.57. The van der Waals surface area contributed by atoms with Crippen molar-refractivity contribution in [3.63, 3.8) is 0 Å². The third kappa shape index (κ3) is 5.87. The van der Waals surface area contributed by atoms with Crippen molar-refractivity contribution < 1.29 is 13.9 Å². The van der Waals surface area contributed by atoms with E-state index in [1.54, 1.807) is 37.1 Å². The summed E-state index contributed by atoms with van der Waals surface area (Å²) >= 11 is 0. The number of hydrogen-bond donors (Lipinski definition) is 1. The predicted octanol–water partition coefficient (Wildman–Crippen LogP) is 3.92. The lowest BCUT2D eigenvalue weighted by Gasteiger charge is -2.22. The first-order valence-corrected chi connectivity index (χ1v) is 12.1. The molecule has 0 aliphatic rings. The van der Waals surface area contributed by atoms with Gasteiger partial charge in [0.2, 0.25) is 0 Å². The fraction of sp³-hybridized carbons (Fsp3) is 0.214. The van der Waals surface area contributed by atoms with E-state index in [0.717, 1.165) is 22.3 Å². The Labute approximate surface area is 218 Å². The minimum atomic E-state index is -0.296. The summed E-state index contributed by atoms with van der Waals surface area (Å²) in [4.78, 5) is 18.1. The normalized spacial score (nSPS) is 11.3. The lowest BCUT2D eigenvalue weighted by Crippen LogP contribution is -2.28. The monoisotopic (exact) mass is 514 g/mol. The molecule has 3 aromatic carbocycles. The number of nitrogens with one attached hydrogen (secondary N) is 1. The average molecular weight is 515 g/mol. The zero-order valence-corrected chi connectivity index (χ0v) is 21.1. The largest absolute Gasteiger partial charge is 0.497 e.